The van der Waals surface area contributed by atoms with E-state index in [1.165, 1.54) is 24.3 Å². The minimum Gasteiger partial charge on any atom is -0.462 e. The zero-order valence-electron chi connectivity index (χ0n) is 13.7. The van der Waals surface area contributed by atoms with Crippen LogP contribution >= 0.6 is 0 Å². The SMILES string of the molecule is CCOC(=O)c1ccccc1-c1cc(-c2ccccc2C(F)(F)F)no1. The maximum absolute atomic E-state index is 13.2. The third-order valence-corrected chi connectivity index (χ3v) is 3.71. The molecule has 26 heavy (non-hydrogen) atoms. The highest BCUT2D eigenvalue weighted by Gasteiger charge is 2.34. The first-order chi connectivity index (χ1) is 12.4. The number of aromatic nitrogens is 1. The fraction of sp³-hybridized carbons (Fsp3) is 0.158. The van der Waals surface area contributed by atoms with Crippen molar-refractivity contribution < 1.29 is 27.2 Å². The molecule has 3 rings (SSSR count). The van der Waals surface area contributed by atoms with Gasteiger partial charge in [-0.25, -0.2) is 4.79 Å². The Balaban J connectivity index is 2.05. The van der Waals surface area contributed by atoms with E-state index in [9.17, 15) is 18.0 Å². The Morgan fingerprint density at radius 3 is 2.42 bits per heavy atom. The second-order valence-electron chi connectivity index (χ2n) is 5.39. The van der Waals surface area contributed by atoms with Gasteiger partial charge in [-0.3, -0.25) is 0 Å². The molecule has 0 saturated carbocycles. The van der Waals surface area contributed by atoms with E-state index in [-0.39, 0.29) is 29.2 Å². The highest BCUT2D eigenvalue weighted by Crippen LogP contribution is 2.37. The van der Waals surface area contributed by atoms with Crippen LogP contribution in [0.15, 0.2) is 59.1 Å². The highest BCUT2D eigenvalue weighted by atomic mass is 19.4. The minimum absolute atomic E-state index is 0.0339. The van der Waals surface area contributed by atoms with Crippen molar-refractivity contribution in [3.8, 4) is 22.6 Å². The van der Waals surface area contributed by atoms with Crippen molar-refractivity contribution in [2.75, 3.05) is 6.61 Å². The monoisotopic (exact) mass is 361 g/mol. The van der Waals surface area contributed by atoms with E-state index in [4.69, 9.17) is 9.26 Å². The van der Waals surface area contributed by atoms with Gasteiger partial charge in [0, 0.05) is 17.2 Å². The molecule has 0 aliphatic rings. The molecule has 0 unspecified atom stereocenters. The van der Waals surface area contributed by atoms with Crippen LogP contribution in [0.2, 0.25) is 0 Å². The molecular weight excluding hydrogens is 347 g/mol. The molecule has 7 heteroatoms. The van der Waals surface area contributed by atoms with Crippen molar-refractivity contribution in [1.29, 1.82) is 0 Å². The van der Waals surface area contributed by atoms with Crippen molar-refractivity contribution in [3.63, 3.8) is 0 Å². The van der Waals surface area contributed by atoms with Gasteiger partial charge in [-0.15, -0.1) is 0 Å². The number of ether oxygens (including phenoxy) is 1. The molecule has 0 spiro atoms. The first-order valence-corrected chi connectivity index (χ1v) is 7.81. The van der Waals surface area contributed by atoms with Crippen molar-refractivity contribution >= 4 is 5.97 Å². The van der Waals surface area contributed by atoms with Crippen LogP contribution in [0, 0.1) is 0 Å². The Morgan fingerprint density at radius 1 is 1.08 bits per heavy atom. The molecule has 0 saturated heterocycles. The summed E-state index contributed by atoms with van der Waals surface area (Å²) < 4.78 is 49.8. The lowest BCUT2D eigenvalue weighted by molar-refractivity contribution is -0.137. The van der Waals surface area contributed by atoms with Crippen LogP contribution in [-0.2, 0) is 10.9 Å². The minimum atomic E-state index is -4.52. The Labute approximate surface area is 147 Å². The van der Waals surface area contributed by atoms with Gasteiger partial charge in [0.25, 0.3) is 0 Å². The summed E-state index contributed by atoms with van der Waals surface area (Å²) >= 11 is 0. The Kier molecular flexibility index (Phi) is 4.79. The quantitative estimate of drug-likeness (QED) is 0.599. The predicted molar refractivity (Wildman–Crippen MR) is 88.3 cm³/mol. The fourth-order valence-corrected chi connectivity index (χ4v) is 2.57. The predicted octanol–water partition coefficient (Wildman–Crippen LogP) is 5.20. The molecule has 1 aromatic heterocycles. The van der Waals surface area contributed by atoms with Gasteiger partial charge in [0.2, 0.25) is 0 Å². The highest BCUT2D eigenvalue weighted by molar-refractivity contribution is 5.96. The number of nitrogens with zero attached hydrogens (tertiary/aromatic N) is 1. The van der Waals surface area contributed by atoms with Crippen LogP contribution < -0.4 is 0 Å². The zero-order valence-corrected chi connectivity index (χ0v) is 13.7. The number of hydrogen-bond donors (Lipinski definition) is 0. The summed E-state index contributed by atoms with van der Waals surface area (Å²) in [6, 6.07) is 13.0. The van der Waals surface area contributed by atoms with Gasteiger partial charge >= 0.3 is 12.1 Å². The average Bonchev–Trinajstić information content (AvgIpc) is 3.11. The van der Waals surface area contributed by atoms with E-state index in [1.807, 2.05) is 0 Å². The number of rotatable bonds is 4. The van der Waals surface area contributed by atoms with Gasteiger partial charge in [-0.05, 0) is 19.1 Å². The van der Waals surface area contributed by atoms with Crippen LogP contribution in [0.25, 0.3) is 22.6 Å². The van der Waals surface area contributed by atoms with Crippen LogP contribution in [0.4, 0.5) is 13.2 Å². The molecule has 3 aromatic rings. The normalized spacial score (nSPS) is 11.4. The molecule has 0 N–H and O–H groups in total. The standard InChI is InChI=1S/C19H14F3NO3/c1-2-25-18(24)13-8-4-3-7-12(13)17-11-16(23-26-17)14-9-5-6-10-15(14)19(20,21)22/h3-11H,2H2,1H3. The van der Waals surface area contributed by atoms with E-state index in [1.54, 1.807) is 31.2 Å². The number of hydrogen-bond acceptors (Lipinski definition) is 4. The molecule has 1 heterocycles. The summed E-state index contributed by atoms with van der Waals surface area (Å²) in [6.07, 6.45) is -4.52. The molecule has 0 bridgehead atoms. The van der Waals surface area contributed by atoms with Crippen LogP contribution in [0.1, 0.15) is 22.8 Å². The molecule has 4 nitrogen and oxygen atoms in total. The third kappa shape index (κ3) is 3.46. The number of carbonyl (C=O) groups is 1. The maximum atomic E-state index is 13.2. The molecule has 0 aliphatic carbocycles. The van der Waals surface area contributed by atoms with Gasteiger partial charge in [-0.1, -0.05) is 41.6 Å². The molecule has 0 fully saturated rings. The zero-order chi connectivity index (χ0) is 18.7. The summed E-state index contributed by atoms with van der Waals surface area (Å²) in [4.78, 5) is 12.1. The van der Waals surface area contributed by atoms with Gasteiger partial charge in [0.1, 0.15) is 5.69 Å². The van der Waals surface area contributed by atoms with E-state index >= 15 is 0 Å². The van der Waals surface area contributed by atoms with Crippen LogP contribution in [0.3, 0.4) is 0 Å². The molecule has 0 aliphatic heterocycles. The summed E-state index contributed by atoms with van der Waals surface area (Å²) in [5, 5.41) is 3.76. The summed E-state index contributed by atoms with van der Waals surface area (Å²) in [7, 11) is 0. The van der Waals surface area contributed by atoms with Crippen molar-refractivity contribution in [2.24, 2.45) is 0 Å². The smallest absolute Gasteiger partial charge is 0.417 e. The van der Waals surface area contributed by atoms with Crippen molar-refractivity contribution in [3.05, 3.63) is 65.7 Å². The largest absolute Gasteiger partial charge is 0.462 e. The summed E-state index contributed by atoms with van der Waals surface area (Å²) in [5.74, 6) is -0.364. The maximum Gasteiger partial charge on any atom is 0.417 e. The molecule has 2 aromatic carbocycles. The van der Waals surface area contributed by atoms with Crippen LogP contribution in [-0.4, -0.2) is 17.7 Å². The fourth-order valence-electron chi connectivity index (χ4n) is 2.57. The first-order valence-electron chi connectivity index (χ1n) is 7.81. The van der Waals surface area contributed by atoms with Gasteiger partial charge in [0.05, 0.1) is 17.7 Å². The van der Waals surface area contributed by atoms with E-state index in [0.717, 1.165) is 6.07 Å². The molecule has 0 atom stereocenters. The van der Waals surface area contributed by atoms with E-state index in [2.05, 4.69) is 5.16 Å². The second kappa shape index (κ2) is 7.03. The number of benzene rings is 2. The Hall–Kier alpha value is -3.09. The second-order valence-corrected chi connectivity index (χ2v) is 5.39. The summed E-state index contributed by atoms with van der Waals surface area (Å²) in [5.41, 5.74) is -0.218. The lowest BCUT2D eigenvalue weighted by Crippen LogP contribution is -2.06. The molecular formula is C19H14F3NO3. The van der Waals surface area contributed by atoms with Gasteiger partial charge < -0.3 is 9.26 Å². The van der Waals surface area contributed by atoms with Crippen molar-refractivity contribution in [2.45, 2.75) is 13.1 Å². The molecule has 134 valence electrons. The lowest BCUT2D eigenvalue weighted by atomic mass is 10.0. The Morgan fingerprint density at radius 2 is 1.73 bits per heavy atom. The van der Waals surface area contributed by atoms with E-state index < -0.39 is 17.7 Å². The Bertz CT molecular complexity index is 932. The first kappa shape index (κ1) is 17.7. The number of alkyl halides is 3. The summed E-state index contributed by atoms with van der Waals surface area (Å²) in [6.45, 7) is 1.88. The average molecular weight is 361 g/mol. The number of esters is 1. The third-order valence-electron chi connectivity index (χ3n) is 3.71. The lowest BCUT2D eigenvalue weighted by Gasteiger charge is -2.10. The van der Waals surface area contributed by atoms with Gasteiger partial charge in [-0.2, -0.15) is 13.2 Å². The number of carbonyl (C=O) groups excluding carboxylic acids is 1. The van der Waals surface area contributed by atoms with Crippen LogP contribution in [0.5, 0.6) is 0 Å². The molecule has 0 amide bonds. The van der Waals surface area contributed by atoms with Gasteiger partial charge in [0.15, 0.2) is 5.76 Å². The van der Waals surface area contributed by atoms with Crippen molar-refractivity contribution in [1.82, 2.24) is 5.16 Å². The number of halogens is 3. The van der Waals surface area contributed by atoms with E-state index in [0.29, 0.717) is 5.56 Å². The molecule has 0 radical (unpaired) electrons. The topological polar surface area (TPSA) is 52.3 Å².